The number of carbonyl (C=O) groups excluding carboxylic acids is 2. The molecule has 38 heavy (non-hydrogen) atoms. The summed E-state index contributed by atoms with van der Waals surface area (Å²) < 4.78 is 25.3. The SMILES string of the molecule is Cc1nc(C(=O)Nc2cccc(-c3ccc(C(N)=O)c4c3C=C(C3=CCN(S(C)(=O)=O)CC3)C4)c2C)cs1. The fourth-order valence-electron chi connectivity index (χ4n) is 5.07. The van der Waals surface area contributed by atoms with Crippen LogP contribution in [0.25, 0.3) is 17.2 Å². The minimum Gasteiger partial charge on any atom is -0.366 e. The van der Waals surface area contributed by atoms with Crippen molar-refractivity contribution in [2.75, 3.05) is 24.7 Å². The molecule has 1 aliphatic heterocycles. The Labute approximate surface area is 225 Å². The molecule has 2 aliphatic rings. The van der Waals surface area contributed by atoms with Crippen molar-refractivity contribution in [3.05, 3.63) is 85.9 Å². The van der Waals surface area contributed by atoms with Gasteiger partial charge >= 0.3 is 0 Å². The molecule has 0 bridgehead atoms. The lowest BCUT2D eigenvalue weighted by atomic mass is 9.90. The van der Waals surface area contributed by atoms with Crippen LogP contribution < -0.4 is 11.1 Å². The number of nitrogens with zero attached hydrogens (tertiary/aromatic N) is 2. The van der Waals surface area contributed by atoms with E-state index in [-0.39, 0.29) is 5.91 Å². The molecule has 2 heterocycles. The van der Waals surface area contributed by atoms with Crippen LogP contribution >= 0.6 is 11.3 Å². The monoisotopic (exact) mass is 548 g/mol. The van der Waals surface area contributed by atoms with Gasteiger partial charge < -0.3 is 11.1 Å². The molecule has 1 aromatic heterocycles. The van der Waals surface area contributed by atoms with Crippen LogP contribution in [0, 0.1) is 13.8 Å². The van der Waals surface area contributed by atoms with E-state index in [0.29, 0.717) is 42.9 Å². The largest absolute Gasteiger partial charge is 0.366 e. The summed E-state index contributed by atoms with van der Waals surface area (Å²) >= 11 is 1.42. The number of rotatable bonds is 6. The van der Waals surface area contributed by atoms with E-state index in [0.717, 1.165) is 44.0 Å². The number of carbonyl (C=O) groups is 2. The second-order valence-corrected chi connectivity index (χ2v) is 12.6. The van der Waals surface area contributed by atoms with Crippen molar-refractivity contribution in [2.45, 2.75) is 26.7 Å². The summed E-state index contributed by atoms with van der Waals surface area (Å²) in [7, 11) is -3.25. The summed E-state index contributed by atoms with van der Waals surface area (Å²) in [4.78, 5) is 29.3. The molecule has 2 amide bonds. The van der Waals surface area contributed by atoms with E-state index in [1.807, 2.05) is 44.2 Å². The highest BCUT2D eigenvalue weighted by Gasteiger charge is 2.27. The smallest absolute Gasteiger partial charge is 0.275 e. The zero-order valence-corrected chi connectivity index (χ0v) is 23.0. The van der Waals surface area contributed by atoms with Gasteiger partial charge in [0.1, 0.15) is 5.69 Å². The predicted molar refractivity (Wildman–Crippen MR) is 151 cm³/mol. The Morgan fingerprint density at radius 3 is 2.53 bits per heavy atom. The Hall–Kier alpha value is -3.60. The number of anilines is 1. The third-order valence-electron chi connectivity index (χ3n) is 7.09. The van der Waals surface area contributed by atoms with Crippen LogP contribution in [0.2, 0.25) is 0 Å². The molecule has 0 saturated carbocycles. The van der Waals surface area contributed by atoms with Crippen LogP contribution in [0.1, 0.15) is 49.0 Å². The standard InChI is InChI=1S/C28H28N4O4S2/c1-16-20(5-4-6-25(16)31-28(34)26-15-37-17(2)30-26)21-7-8-22(27(29)33)24-14-19(13-23(21)24)18-9-11-32(12-10-18)38(3,35)36/h4-9,13,15H,10-12,14H2,1-3H3,(H2,29,33)(H,31,34). The lowest BCUT2D eigenvalue weighted by Crippen LogP contribution is -2.34. The normalized spacial score (nSPS) is 15.6. The van der Waals surface area contributed by atoms with E-state index in [4.69, 9.17) is 5.73 Å². The van der Waals surface area contributed by atoms with Crippen LogP contribution in [-0.4, -0.2) is 48.9 Å². The number of primary amides is 1. The minimum atomic E-state index is -3.25. The molecule has 0 radical (unpaired) electrons. The Kier molecular flexibility index (Phi) is 6.81. The number of amides is 2. The zero-order chi connectivity index (χ0) is 27.2. The fraction of sp³-hybridized carbons (Fsp3) is 0.250. The van der Waals surface area contributed by atoms with Crippen LogP contribution in [-0.2, 0) is 16.4 Å². The number of aromatic nitrogens is 1. The minimum absolute atomic E-state index is 0.265. The molecule has 5 rings (SSSR count). The summed E-state index contributed by atoms with van der Waals surface area (Å²) in [5.74, 6) is -0.752. The number of thiazole rings is 1. The number of fused-ring (bicyclic) bond motifs is 1. The number of hydrogen-bond donors (Lipinski definition) is 2. The van der Waals surface area contributed by atoms with Gasteiger partial charge in [0.2, 0.25) is 15.9 Å². The average Bonchev–Trinajstić information content (AvgIpc) is 3.51. The van der Waals surface area contributed by atoms with Gasteiger partial charge in [0, 0.05) is 29.7 Å². The molecule has 2 aromatic carbocycles. The Morgan fingerprint density at radius 2 is 1.89 bits per heavy atom. The fourth-order valence-corrected chi connectivity index (χ4v) is 6.43. The van der Waals surface area contributed by atoms with E-state index in [9.17, 15) is 18.0 Å². The number of sulfonamides is 1. The highest BCUT2D eigenvalue weighted by atomic mass is 32.2. The topological polar surface area (TPSA) is 122 Å². The Balaban J connectivity index is 1.52. The van der Waals surface area contributed by atoms with Crippen molar-refractivity contribution >= 4 is 44.9 Å². The van der Waals surface area contributed by atoms with Crippen molar-refractivity contribution < 1.29 is 18.0 Å². The first-order valence-corrected chi connectivity index (χ1v) is 14.9. The first-order chi connectivity index (χ1) is 18.0. The summed E-state index contributed by atoms with van der Waals surface area (Å²) in [5.41, 5.74) is 14.0. The maximum atomic E-state index is 12.8. The van der Waals surface area contributed by atoms with Gasteiger partial charge in [-0.1, -0.05) is 30.4 Å². The lowest BCUT2D eigenvalue weighted by molar-refractivity contribution is 0.0996. The van der Waals surface area contributed by atoms with Gasteiger partial charge in [-0.15, -0.1) is 11.3 Å². The van der Waals surface area contributed by atoms with Gasteiger partial charge in [0.25, 0.3) is 5.91 Å². The van der Waals surface area contributed by atoms with E-state index >= 15 is 0 Å². The third kappa shape index (κ3) is 4.94. The van der Waals surface area contributed by atoms with Crippen molar-refractivity contribution in [3.8, 4) is 11.1 Å². The predicted octanol–water partition coefficient (Wildman–Crippen LogP) is 4.31. The van der Waals surface area contributed by atoms with E-state index in [2.05, 4.69) is 16.4 Å². The van der Waals surface area contributed by atoms with Crippen molar-refractivity contribution in [1.82, 2.24) is 9.29 Å². The highest BCUT2D eigenvalue weighted by Crippen LogP contribution is 2.41. The lowest BCUT2D eigenvalue weighted by Gasteiger charge is -2.24. The van der Waals surface area contributed by atoms with E-state index < -0.39 is 15.9 Å². The average molecular weight is 549 g/mol. The maximum absolute atomic E-state index is 12.8. The molecule has 10 heteroatoms. The quantitative estimate of drug-likeness (QED) is 0.475. The maximum Gasteiger partial charge on any atom is 0.275 e. The molecular formula is C28H28N4O4S2. The molecule has 1 aliphatic carbocycles. The Bertz CT molecular complexity index is 1650. The van der Waals surface area contributed by atoms with Crippen molar-refractivity contribution in [2.24, 2.45) is 5.73 Å². The van der Waals surface area contributed by atoms with Gasteiger partial charge in [0.05, 0.1) is 11.3 Å². The first kappa shape index (κ1) is 26.0. The molecule has 196 valence electrons. The van der Waals surface area contributed by atoms with Crippen LogP contribution in [0.3, 0.4) is 0 Å². The number of nitrogens with one attached hydrogen (secondary N) is 1. The van der Waals surface area contributed by atoms with E-state index in [1.54, 1.807) is 11.4 Å². The van der Waals surface area contributed by atoms with Gasteiger partial charge in [-0.2, -0.15) is 4.31 Å². The molecule has 0 spiro atoms. The van der Waals surface area contributed by atoms with Gasteiger partial charge in [-0.25, -0.2) is 13.4 Å². The van der Waals surface area contributed by atoms with Crippen molar-refractivity contribution in [1.29, 1.82) is 0 Å². The molecule has 0 atom stereocenters. The second-order valence-electron chi connectivity index (χ2n) is 9.55. The number of nitrogens with two attached hydrogens (primary N) is 1. The molecule has 0 saturated heterocycles. The van der Waals surface area contributed by atoms with E-state index in [1.165, 1.54) is 21.9 Å². The molecule has 3 N–H and O–H groups in total. The molecular weight excluding hydrogens is 520 g/mol. The number of allylic oxidation sites excluding steroid dienone is 1. The van der Waals surface area contributed by atoms with Crippen LogP contribution in [0.4, 0.5) is 5.69 Å². The summed E-state index contributed by atoms with van der Waals surface area (Å²) in [6.07, 6.45) is 6.41. The number of aryl methyl sites for hydroxylation is 1. The number of benzene rings is 2. The Morgan fingerprint density at radius 1 is 1.11 bits per heavy atom. The molecule has 0 unspecified atom stereocenters. The number of hydrogen-bond acceptors (Lipinski definition) is 6. The highest BCUT2D eigenvalue weighted by molar-refractivity contribution is 7.88. The van der Waals surface area contributed by atoms with Crippen LogP contribution in [0.5, 0.6) is 0 Å². The zero-order valence-electron chi connectivity index (χ0n) is 21.4. The summed E-state index contributed by atoms with van der Waals surface area (Å²) in [5, 5.41) is 5.54. The second kappa shape index (κ2) is 9.94. The molecule has 3 aromatic rings. The van der Waals surface area contributed by atoms with Gasteiger partial charge in [-0.3, -0.25) is 9.59 Å². The third-order valence-corrected chi connectivity index (χ3v) is 9.13. The summed E-state index contributed by atoms with van der Waals surface area (Å²) in [6, 6.07) is 9.40. The van der Waals surface area contributed by atoms with Gasteiger partial charge in [0.15, 0.2) is 0 Å². The first-order valence-electron chi connectivity index (χ1n) is 12.2. The summed E-state index contributed by atoms with van der Waals surface area (Å²) in [6.45, 7) is 4.56. The van der Waals surface area contributed by atoms with Crippen LogP contribution in [0.15, 0.2) is 52.9 Å². The van der Waals surface area contributed by atoms with Crippen molar-refractivity contribution in [3.63, 3.8) is 0 Å². The molecule has 0 fully saturated rings. The molecule has 8 nitrogen and oxygen atoms in total. The van der Waals surface area contributed by atoms with Gasteiger partial charge in [-0.05, 0) is 77.8 Å².